The van der Waals surface area contributed by atoms with Crippen molar-refractivity contribution in [2.45, 2.75) is 78.9 Å². The third-order valence-corrected chi connectivity index (χ3v) is 7.72. The van der Waals surface area contributed by atoms with Gasteiger partial charge < -0.3 is 25.2 Å². The first-order chi connectivity index (χ1) is 18.1. The Bertz CT molecular complexity index is 1010. The largest absolute Gasteiger partial charge is 0.378 e. The quantitative estimate of drug-likeness (QED) is 0.443. The number of benzene rings is 1. The molecule has 3 atom stereocenters. The fraction of sp³-hybridized carbons (Fsp3) is 0.645. The lowest BCUT2D eigenvalue weighted by Gasteiger charge is -2.40. The molecular weight excluding hydrogens is 492 g/mol. The number of likely N-dealkylation sites (N-methyl/N-ethyl adjacent to an activating group) is 2. The van der Waals surface area contributed by atoms with Gasteiger partial charge in [-0.15, -0.1) is 0 Å². The SMILES string of the molecule is CN[C@H](C(=O)NC(C(=O)N(C)[C@H](/C=C(\C)C(=O)N1CCOCC1)C(C)C)C(C)(C)C)C(C)(C)c1ccccc1. The van der Waals surface area contributed by atoms with Gasteiger partial charge in [0.2, 0.25) is 17.7 Å². The van der Waals surface area contributed by atoms with Crippen LogP contribution in [0.1, 0.15) is 61.0 Å². The van der Waals surface area contributed by atoms with E-state index in [4.69, 9.17) is 4.74 Å². The number of carbonyl (C=O) groups is 3. The Balaban J connectivity index is 2.30. The first-order valence-corrected chi connectivity index (χ1v) is 14.0. The summed E-state index contributed by atoms with van der Waals surface area (Å²) in [4.78, 5) is 44.2. The van der Waals surface area contributed by atoms with Crippen molar-refractivity contribution in [1.82, 2.24) is 20.4 Å². The van der Waals surface area contributed by atoms with Crippen molar-refractivity contribution in [3.05, 3.63) is 47.5 Å². The number of nitrogens with one attached hydrogen (secondary N) is 2. The Morgan fingerprint density at radius 1 is 1.00 bits per heavy atom. The second-order valence-corrected chi connectivity index (χ2v) is 12.6. The lowest BCUT2D eigenvalue weighted by atomic mass is 9.76. The molecule has 1 aliphatic rings. The highest BCUT2D eigenvalue weighted by Crippen LogP contribution is 2.29. The van der Waals surface area contributed by atoms with E-state index in [1.165, 1.54) is 0 Å². The Hall–Kier alpha value is -2.71. The van der Waals surface area contributed by atoms with Gasteiger partial charge >= 0.3 is 0 Å². The van der Waals surface area contributed by atoms with Gasteiger partial charge in [0.25, 0.3) is 0 Å². The molecule has 1 unspecified atom stereocenters. The smallest absolute Gasteiger partial charge is 0.249 e. The summed E-state index contributed by atoms with van der Waals surface area (Å²) in [5, 5.41) is 6.26. The van der Waals surface area contributed by atoms with E-state index in [0.717, 1.165) is 5.56 Å². The molecule has 0 spiro atoms. The van der Waals surface area contributed by atoms with E-state index in [9.17, 15) is 14.4 Å². The molecule has 1 fully saturated rings. The molecule has 1 saturated heterocycles. The summed E-state index contributed by atoms with van der Waals surface area (Å²) < 4.78 is 5.37. The molecule has 1 heterocycles. The second kappa shape index (κ2) is 13.6. The molecular formula is C31H50N4O4. The van der Waals surface area contributed by atoms with Crippen molar-refractivity contribution in [2.75, 3.05) is 40.4 Å². The van der Waals surface area contributed by atoms with E-state index in [1.54, 1.807) is 30.8 Å². The van der Waals surface area contributed by atoms with Crippen LogP contribution in [0.25, 0.3) is 0 Å². The molecule has 218 valence electrons. The number of nitrogens with zero attached hydrogens (tertiary/aromatic N) is 2. The van der Waals surface area contributed by atoms with Gasteiger partial charge in [-0.2, -0.15) is 0 Å². The van der Waals surface area contributed by atoms with E-state index >= 15 is 0 Å². The van der Waals surface area contributed by atoms with Gasteiger partial charge in [-0.25, -0.2) is 0 Å². The molecule has 39 heavy (non-hydrogen) atoms. The highest BCUT2D eigenvalue weighted by atomic mass is 16.5. The molecule has 1 aromatic carbocycles. The Kier molecular flexibility index (Phi) is 11.3. The lowest BCUT2D eigenvalue weighted by Crippen LogP contribution is -2.61. The van der Waals surface area contributed by atoms with Crippen LogP contribution in [0.2, 0.25) is 0 Å². The number of hydrogen-bond donors (Lipinski definition) is 2. The fourth-order valence-corrected chi connectivity index (χ4v) is 5.17. The third-order valence-electron chi connectivity index (χ3n) is 7.72. The van der Waals surface area contributed by atoms with Gasteiger partial charge in [-0.1, -0.05) is 84.9 Å². The first kappa shape index (κ1) is 32.5. The van der Waals surface area contributed by atoms with Crippen LogP contribution in [-0.2, 0) is 24.5 Å². The monoisotopic (exact) mass is 542 g/mol. The van der Waals surface area contributed by atoms with Crippen molar-refractivity contribution < 1.29 is 19.1 Å². The zero-order valence-electron chi connectivity index (χ0n) is 25.6. The number of rotatable bonds is 10. The van der Waals surface area contributed by atoms with Crippen LogP contribution in [0.3, 0.4) is 0 Å². The predicted octanol–water partition coefficient (Wildman–Crippen LogP) is 3.37. The van der Waals surface area contributed by atoms with Crippen molar-refractivity contribution in [1.29, 1.82) is 0 Å². The average molecular weight is 543 g/mol. The summed E-state index contributed by atoms with van der Waals surface area (Å²) in [6, 6.07) is 8.26. The van der Waals surface area contributed by atoms with Gasteiger partial charge in [-0.05, 0) is 30.9 Å². The van der Waals surface area contributed by atoms with E-state index in [0.29, 0.717) is 31.9 Å². The highest BCUT2D eigenvalue weighted by Gasteiger charge is 2.41. The van der Waals surface area contributed by atoms with Gasteiger partial charge in [0, 0.05) is 31.1 Å². The number of carbonyl (C=O) groups excluding carboxylic acids is 3. The van der Waals surface area contributed by atoms with Crippen LogP contribution in [0.5, 0.6) is 0 Å². The number of amides is 3. The van der Waals surface area contributed by atoms with Crippen molar-refractivity contribution in [2.24, 2.45) is 11.3 Å². The molecule has 0 aliphatic carbocycles. The molecule has 8 heteroatoms. The normalized spacial score (nSPS) is 17.4. The fourth-order valence-electron chi connectivity index (χ4n) is 5.17. The summed E-state index contributed by atoms with van der Waals surface area (Å²) in [5.74, 6) is -0.400. The summed E-state index contributed by atoms with van der Waals surface area (Å²) in [6.45, 7) is 18.0. The zero-order valence-corrected chi connectivity index (χ0v) is 25.6. The maximum Gasteiger partial charge on any atom is 0.249 e. The Labute approximate surface area is 235 Å². The minimum absolute atomic E-state index is 0.0366. The van der Waals surface area contributed by atoms with Crippen LogP contribution in [0, 0.1) is 11.3 Å². The first-order valence-electron chi connectivity index (χ1n) is 14.0. The topological polar surface area (TPSA) is 91.0 Å². The molecule has 1 aromatic rings. The van der Waals surface area contributed by atoms with Gasteiger partial charge in [0.15, 0.2) is 0 Å². The van der Waals surface area contributed by atoms with Gasteiger partial charge in [0.05, 0.1) is 25.3 Å². The third kappa shape index (κ3) is 8.15. The molecule has 0 bridgehead atoms. The van der Waals surface area contributed by atoms with E-state index in [-0.39, 0.29) is 29.7 Å². The maximum atomic E-state index is 14.0. The standard InChI is InChI=1S/C31H50N4O4/c1-21(2)24(20-22(3)28(37)35-16-18-39-19-17-35)34(10)29(38)26(30(4,5)6)33-27(36)25(32-9)31(7,8)23-14-12-11-13-15-23/h11-15,20-21,24-26,32H,16-19H2,1-10H3,(H,33,36)/b22-20+/t24-,25-,26?/m1/s1. The minimum Gasteiger partial charge on any atom is -0.378 e. The van der Waals surface area contributed by atoms with Crippen LogP contribution >= 0.6 is 0 Å². The molecule has 2 N–H and O–H groups in total. The Morgan fingerprint density at radius 2 is 1.56 bits per heavy atom. The molecule has 3 amide bonds. The summed E-state index contributed by atoms with van der Waals surface area (Å²) in [5.41, 5.74) is 0.574. The average Bonchev–Trinajstić information content (AvgIpc) is 2.89. The molecule has 0 radical (unpaired) electrons. The van der Waals surface area contributed by atoms with E-state index in [2.05, 4.69) is 10.6 Å². The summed E-state index contributed by atoms with van der Waals surface area (Å²) in [7, 11) is 3.52. The van der Waals surface area contributed by atoms with E-state index in [1.807, 2.05) is 84.9 Å². The van der Waals surface area contributed by atoms with Crippen LogP contribution < -0.4 is 10.6 Å². The maximum absolute atomic E-state index is 14.0. The van der Waals surface area contributed by atoms with E-state index < -0.39 is 22.9 Å². The molecule has 1 aliphatic heterocycles. The minimum atomic E-state index is -0.762. The van der Waals surface area contributed by atoms with Crippen molar-refractivity contribution >= 4 is 17.7 Å². The highest BCUT2D eigenvalue weighted by molar-refractivity contribution is 5.94. The summed E-state index contributed by atoms with van der Waals surface area (Å²) in [6.07, 6.45) is 1.89. The summed E-state index contributed by atoms with van der Waals surface area (Å²) >= 11 is 0. The van der Waals surface area contributed by atoms with Crippen molar-refractivity contribution in [3.8, 4) is 0 Å². The second-order valence-electron chi connectivity index (χ2n) is 12.6. The number of hydrogen-bond acceptors (Lipinski definition) is 5. The number of ether oxygens (including phenoxy) is 1. The molecule has 0 saturated carbocycles. The number of morpholine rings is 1. The van der Waals surface area contributed by atoms with Gasteiger partial charge in [-0.3, -0.25) is 14.4 Å². The van der Waals surface area contributed by atoms with Crippen LogP contribution in [0.4, 0.5) is 0 Å². The Morgan fingerprint density at radius 3 is 2.05 bits per heavy atom. The van der Waals surface area contributed by atoms with Crippen LogP contribution in [0.15, 0.2) is 42.0 Å². The molecule has 2 rings (SSSR count). The molecule has 0 aromatic heterocycles. The lowest BCUT2D eigenvalue weighted by molar-refractivity contribution is -0.141. The zero-order chi connectivity index (χ0) is 29.5. The predicted molar refractivity (Wildman–Crippen MR) is 156 cm³/mol. The van der Waals surface area contributed by atoms with Crippen LogP contribution in [-0.4, -0.2) is 86.0 Å². The van der Waals surface area contributed by atoms with Crippen molar-refractivity contribution in [3.63, 3.8) is 0 Å². The molecule has 8 nitrogen and oxygen atoms in total. The van der Waals surface area contributed by atoms with Gasteiger partial charge in [0.1, 0.15) is 6.04 Å².